The van der Waals surface area contributed by atoms with Crippen molar-refractivity contribution in [2.45, 2.75) is 19.8 Å². The molecule has 0 aliphatic heterocycles. The lowest BCUT2D eigenvalue weighted by Crippen LogP contribution is -2.15. The van der Waals surface area contributed by atoms with Crippen molar-refractivity contribution >= 4 is 28.3 Å². The van der Waals surface area contributed by atoms with Gasteiger partial charge in [0.2, 0.25) is 5.91 Å². The van der Waals surface area contributed by atoms with Crippen molar-refractivity contribution < 1.29 is 4.79 Å². The molecule has 1 saturated carbocycles. The van der Waals surface area contributed by atoms with Crippen LogP contribution in [0.3, 0.4) is 0 Å². The third-order valence-corrected chi connectivity index (χ3v) is 5.25. The summed E-state index contributed by atoms with van der Waals surface area (Å²) in [6.07, 6.45) is 2.73. The van der Waals surface area contributed by atoms with E-state index in [1.165, 1.54) is 0 Å². The van der Waals surface area contributed by atoms with E-state index in [-0.39, 0.29) is 17.7 Å². The summed E-state index contributed by atoms with van der Waals surface area (Å²) in [5.41, 5.74) is 9.16. The van der Waals surface area contributed by atoms with Crippen LogP contribution in [0.5, 0.6) is 0 Å². The maximum absolute atomic E-state index is 12.3. The Balaban J connectivity index is 1.67. The highest BCUT2D eigenvalue weighted by atomic mass is 16.2. The fraction of sp³-hybridized carbons (Fsp3) is 0.227. The number of hydrogen-bond donors (Lipinski definition) is 2. The standard InChI is InChI=1S/C22H18N6O/c1-12-2-3-13(10-24)6-16(12)19-8-15-9-20(26-11-18(15)21(25)27-19)28-22(29)17-7-14(17)4-5-23/h2-3,6,8-9,11,14,17H,4,7H2,1H3,(H2,25,27)(H,26,28,29)/t14-,17-/m0/s1. The van der Waals surface area contributed by atoms with Gasteiger partial charge in [0.1, 0.15) is 11.6 Å². The molecule has 1 aliphatic carbocycles. The SMILES string of the molecule is Cc1ccc(C#N)cc1-c1cc2cc(NC(=O)[C@H]3C[C@@H]3CC#N)ncc2c(N)n1. The Morgan fingerprint density at radius 3 is 2.90 bits per heavy atom. The summed E-state index contributed by atoms with van der Waals surface area (Å²) in [5, 5.41) is 22.3. The molecule has 1 fully saturated rings. The van der Waals surface area contributed by atoms with Crippen molar-refractivity contribution in [3.63, 3.8) is 0 Å². The number of aromatic nitrogens is 2. The average molecular weight is 382 g/mol. The van der Waals surface area contributed by atoms with Gasteiger partial charge >= 0.3 is 0 Å². The number of nitrogens with zero attached hydrogens (tertiary/aromatic N) is 4. The topological polar surface area (TPSA) is 128 Å². The minimum Gasteiger partial charge on any atom is -0.383 e. The van der Waals surface area contributed by atoms with Crippen LogP contribution >= 0.6 is 0 Å². The fourth-order valence-corrected chi connectivity index (χ4v) is 3.48. The van der Waals surface area contributed by atoms with Crippen LogP contribution in [0.4, 0.5) is 11.6 Å². The zero-order valence-electron chi connectivity index (χ0n) is 15.8. The largest absolute Gasteiger partial charge is 0.383 e. The Kier molecular flexibility index (Phi) is 4.58. The molecule has 3 N–H and O–H groups in total. The van der Waals surface area contributed by atoms with E-state index in [0.29, 0.717) is 34.7 Å². The number of aryl methyl sites for hydroxylation is 1. The summed E-state index contributed by atoms with van der Waals surface area (Å²) < 4.78 is 0. The molecule has 29 heavy (non-hydrogen) atoms. The van der Waals surface area contributed by atoms with Gasteiger partial charge in [-0.2, -0.15) is 10.5 Å². The number of carbonyl (C=O) groups excluding carboxylic acids is 1. The molecule has 1 aliphatic rings. The van der Waals surface area contributed by atoms with Crippen molar-refractivity contribution in [1.82, 2.24) is 9.97 Å². The number of carbonyl (C=O) groups is 1. The van der Waals surface area contributed by atoms with Crippen LogP contribution in [0.15, 0.2) is 36.5 Å². The molecule has 2 atom stereocenters. The van der Waals surface area contributed by atoms with Crippen LogP contribution in [-0.2, 0) is 4.79 Å². The Bertz CT molecular complexity index is 1220. The predicted octanol–water partition coefficient (Wildman–Crippen LogP) is 3.55. The second kappa shape index (κ2) is 7.21. The predicted molar refractivity (Wildman–Crippen MR) is 109 cm³/mol. The number of nitrogen functional groups attached to an aromatic ring is 1. The number of nitriles is 2. The van der Waals surface area contributed by atoms with E-state index in [9.17, 15) is 10.1 Å². The van der Waals surface area contributed by atoms with Crippen LogP contribution in [-0.4, -0.2) is 15.9 Å². The van der Waals surface area contributed by atoms with E-state index in [0.717, 1.165) is 22.9 Å². The van der Waals surface area contributed by atoms with Crippen molar-refractivity contribution in [3.8, 4) is 23.4 Å². The maximum Gasteiger partial charge on any atom is 0.228 e. The molecule has 7 nitrogen and oxygen atoms in total. The highest BCUT2D eigenvalue weighted by Gasteiger charge is 2.42. The van der Waals surface area contributed by atoms with Gasteiger partial charge in [-0.25, -0.2) is 9.97 Å². The van der Waals surface area contributed by atoms with Crippen molar-refractivity contribution in [2.24, 2.45) is 11.8 Å². The fourth-order valence-electron chi connectivity index (χ4n) is 3.48. The highest BCUT2D eigenvalue weighted by molar-refractivity contribution is 5.98. The van der Waals surface area contributed by atoms with Crippen molar-refractivity contribution in [2.75, 3.05) is 11.1 Å². The molecular formula is C22H18N6O. The van der Waals surface area contributed by atoms with Crippen molar-refractivity contribution in [1.29, 1.82) is 10.5 Å². The van der Waals surface area contributed by atoms with Gasteiger partial charge in [0.15, 0.2) is 0 Å². The molecule has 0 bridgehead atoms. The summed E-state index contributed by atoms with van der Waals surface area (Å²) in [6, 6.07) is 13.3. The van der Waals surface area contributed by atoms with Gasteiger partial charge in [-0.15, -0.1) is 0 Å². The van der Waals surface area contributed by atoms with E-state index in [4.69, 9.17) is 11.0 Å². The number of nitrogens with two attached hydrogens (primary N) is 1. The van der Waals surface area contributed by atoms with Crippen LogP contribution < -0.4 is 11.1 Å². The van der Waals surface area contributed by atoms with Crippen LogP contribution in [0.25, 0.3) is 22.0 Å². The molecule has 0 spiro atoms. The zero-order chi connectivity index (χ0) is 20.5. The van der Waals surface area contributed by atoms with Crippen LogP contribution in [0, 0.1) is 41.4 Å². The van der Waals surface area contributed by atoms with Gasteiger partial charge in [0.05, 0.1) is 23.4 Å². The number of nitrogens with one attached hydrogen (secondary N) is 1. The van der Waals surface area contributed by atoms with Gasteiger partial charge in [0, 0.05) is 29.5 Å². The van der Waals surface area contributed by atoms with E-state index < -0.39 is 0 Å². The van der Waals surface area contributed by atoms with Gasteiger partial charge in [-0.1, -0.05) is 6.07 Å². The second-order valence-electron chi connectivity index (χ2n) is 7.28. The van der Waals surface area contributed by atoms with Gasteiger partial charge in [-0.3, -0.25) is 4.79 Å². The molecule has 0 saturated heterocycles. The molecule has 0 unspecified atom stereocenters. The first-order valence-electron chi connectivity index (χ1n) is 9.25. The quantitative estimate of drug-likeness (QED) is 0.710. The van der Waals surface area contributed by atoms with E-state index in [1.54, 1.807) is 24.4 Å². The molecule has 2 aromatic heterocycles. The highest BCUT2D eigenvalue weighted by Crippen LogP contribution is 2.41. The zero-order valence-corrected chi connectivity index (χ0v) is 15.8. The summed E-state index contributed by atoms with van der Waals surface area (Å²) in [6.45, 7) is 1.95. The minimum atomic E-state index is -0.124. The third-order valence-electron chi connectivity index (χ3n) is 5.25. The molecule has 7 heteroatoms. The lowest BCUT2D eigenvalue weighted by molar-refractivity contribution is -0.117. The molecule has 1 amide bonds. The first-order chi connectivity index (χ1) is 14.0. The van der Waals surface area contributed by atoms with Crippen LogP contribution in [0.2, 0.25) is 0 Å². The third kappa shape index (κ3) is 3.59. The van der Waals surface area contributed by atoms with E-state index >= 15 is 0 Å². The molecule has 2 heterocycles. The van der Waals surface area contributed by atoms with Gasteiger partial charge in [-0.05, 0) is 54.5 Å². The monoisotopic (exact) mass is 382 g/mol. The molecule has 0 radical (unpaired) electrons. The summed E-state index contributed by atoms with van der Waals surface area (Å²) in [7, 11) is 0. The summed E-state index contributed by atoms with van der Waals surface area (Å²) >= 11 is 0. The van der Waals surface area contributed by atoms with E-state index in [2.05, 4.69) is 27.4 Å². The Hall–Kier alpha value is -3.97. The summed E-state index contributed by atoms with van der Waals surface area (Å²) in [5.74, 6) is 0.672. The summed E-state index contributed by atoms with van der Waals surface area (Å²) in [4.78, 5) is 21.1. The number of rotatable bonds is 4. The number of pyridine rings is 2. The lowest BCUT2D eigenvalue weighted by atomic mass is 10.0. The van der Waals surface area contributed by atoms with Crippen molar-refractivity contribution in [3.05, 3.63) is 47.7 Å². The Morgan fingerprint density at radius 1 is 1.31 bits per heavy atom. The van der Waals surface area contributed by atoms with Crippen LogP contribution in [0.1, 0.15) is 24.0 Å². The molecule has 1 aromatic carbocycles. The second-order valence-corrected chi connectivity index (χ2v) is 7.28. The number of hydrogen-bond acceptors (Lipinski definition) is 6. The first-order valence-corrected chi connectivity index (χ1v) is 9.25. The minimum absolute atomic E-state index is 0.114. The molecule has 3 aromatic rings. The molecular weight excluding hydrogens is 364 g/mol. The van der Waals surface area contributed by atoms with E-state index in [1.807, 2.05) is 19.1 Å². The van der Waals surface area contributed by atoms with Gasteiger partial charge < -0.3 is 11.1 Å². The maximum atomic E-state index is 12.3. The lowest BCUT2D eigenvalue weighted by Gasteiger charge is -2.10. The molecule has 4 rings (SSSR count). The number of fused-ring (bicyclic) bond motifs is 1. The van der Waals surface area contributed by atoms with Gasteiger partial charge in [0.25, 0.3) is 0 Å². The normalized spacial score (nSPS) is 17.3. The number of amides is 1. The Labute approximate surface area is 167 Å². The smallest absolute Gasteiger partial charge is 0.228 e. The molecule has 142 valence electrons. The number of benzene rings is 1. The Morgan fingerprint density at radius 2 is 2.14 bits per heavy atom. The average Bonchev–Trinajstić information content (AvgIpc) is 3.48. The number of anilines is 2. The first kappa shape index (κ1) is 18.4.